The summed E-state index contributed by atoms with van der Waals surface area (Å²) in [4.78, 5) is 26.2. The normalized spacial score (nSPS) is 17.8. The second-order valence-corrected chi connectivity index (χ2v) is 5.45. The highest BCUT2D eigenvalue weighted by molar-refractivity contribution is 5.97. The van der Waals surface area contributed by atoms with Crippen molar-refractivity contribution in [2.24, 2.45) is 0 Å². The maximum absolute atomic E-state index is 12.3. The Morgan fingerprint density at radius 3 is 2.60 bits per heavy atom. The molecule has 0 radical (unpaired) electrons. The third-order valence-corrected chi connectivity index (χ3v) is 3.84. The molecule has 1 fully saturated rings. The van der Waals surface area contributed by atoms with E-state index in [-0.39, 0.29) is 18.0 Å². The van der Waals surface area contributed by atoms with Gasteiger partial charge in [0.1, 0.15) is 6.54 Å². The molecule has 1 saturated heterocycles. The molecule has 0 aliphatic carbocycles. The molecule has 0 spiro atoms. The second-order valence-electron chi connectivity index (χ2n) is 5.45. The summed E-state index contributed by atoms with van der Waals surface area (Å²) < 4.78 is 0. The van der Waals surface area contributed by atoms with Crippen molar-refractivity contribution in [3.63, 3.8) is 0 Å². The number of likely N-dealkylation sites (N-methyl/N-ethyl adjacent to an activating group) is 1. The van der Waals surface area contributed by atoms with Gasteiger partial charge in [-0.05, 0) is 13.8 Å². The van der Waals surface area contributed by atoms with Crippen LogP contribution in [0, 0.1) is 6.92 Å². The van der Waals surface area contributed by atoms with Gasteiger partial charge < -0.3 is 10.2 Å². The van der Waals surface area contributed by atoms with Crippen LogP contribution in [0.5, 0.6) is 0 Å². The average Bonchev–Trinajstić information content (AvgIpc) is 2.86. The lowest BCUT2D eigenvalue weighted by Crippen LogP contribution is -3.12. The highest BCUT2D eigenvalue weighted by atomic mass is 16.2. The molecule has 3 amide bonds. The molecule has 2 N–H and O–H groups in total. The molecule has 1 heterocycles. The van der Waals surface area contributed by atoms with Crippen molar-refractivity contribution in [2.45, 2.75) is 26.4 Å². The number of aryl methyl sites for hydroxylation is 1. The Labute approximate surface area is 119 Å². The van der Waals surface area contributed by atoms with E-state index >= 15 is 0 Å². The predicted octanol–water partition coefficient (Wildman–Crippen LogP) is -0.0500. The van der Waals surface area contributed by atoms with E-state index in [2.05, 4.69) is 36.5 Å². The number of rotatable bonds is 4. The maximum Gasteiger partial charge on any atom is 0.324 e. The second kappa shape index (κ2) is 6.05. The lowest BCUT2D eigenvalue weighted by atomic mass is 10.1. The fraction of sp³-hybridized carbons (Fsp3) is 0.467. The molecule has 5 heteroatoms. The van der Waals surface area contributed by atoms with Crippen LogP contribution in [-0.4, -0.2) is 43.0 Å². The summed E-state index contributed by atoms with van der Waals surface area (Å²) in [6.07, 6.45) is 0. The van der Waals surface area contributed by atoms with Crippen LogP contribution < -0.4 is 10.2 Å². The minimum absolute atomic E-state index is 0.107. The molecule has 5 nitrogen and oxygen atoms in total. The summed E-state index contributed by atoms with van der Waals surface area (Å²) in [5.41, 5.74) is 2.42. The first kappa shape index (κ1) is 14.5. The molecule has 20 heavy (non-hydrogen) atoms. The minimum Gasteiger partial charge on any atom is -0.336 e. The third-order valence-electron chi connectivity index (χ3n) is 3.84. The number of benzene rings is 1. The van der Waals surface area contributed by atoms with Crippen molar-refractivity contribution in [1.29, 1.82) is 0 Å². The number of nitrogens with zero attached hydrogens (tertiary/aromatic N) is 1. The summed E-state index contributed by atoms with van der Waals surface area (Å²) in [6.45, 7) is 5.71. The molecule has 0 bridgehead atoms. The monoisotopic (exact) mass is 276 g/mol. The van der Waals surface area contributed by atoms with Crippen LogP contribution in [0.2, 0.25) is 0 Å². The standard InChI is InChI=1S/C15H21N3O2/c1-11-4-6-13(7-5-11)10-17(3)12(2)14(19)18-9-8-16-15(18)20/h4-7,12H,8-10H2,1-3H3,(H,16,20)/p+1/t12-/m1/s1. The summed E-state index contributed by atoms with van der Waals surface area (Å²) in [5.74, 6) is -0.107. The smallest absolute Gasteiger partial charge is 0.324 e. The number of carbonyl (C=O) groups is 2. The van der Waals surface area contributed by atoms with Crippen LogP contribution in [0.4, 0.5) is 4.79 Å². The molecule has 1 aromatic rings. The van der Waals surface area contributed by atoms with Crippen LogP contribution in [0.1, 0.15) is 18.1 Å². The number of amides is 3. The van der Waals surface area contributed by atoms with Crippen molar-refractivity contribution in [1.82, 2.24) is 10.2 Å². The first-order valence-electron chi connectivity index (χ1n) is 6.96. The number of imide groups is 1. The number of hydrogen-bond acceptors (Lipinski definition) is 2. The van der Waals surface area contributed by atoms with Gasteiger partial charge in [0, 0.05) is 18.7 Å². The quantitative estimate of drug-likeness (QED) is 0.810. The van der Waals surface area contributed by atoms with Crippen molar-refractivity contribution in [3.05, 3.63) is 35.4 Å². The van der Waals surface area contributed by atoms with E-state index in [1.54, 1.807) is 0 Å². The summed E-state index contributed by atoms with van der Waals surface area (Å²) in [7, 11) is 1.98. The van der Waals surface area contributed by atoms with Crippen molar-refractivity contribution < 1.29 is 14.5 Å². The van der Waals surface area contributed by atoms with Crippen molar-refractivity contribution in [2.75, 3.05) is 20.1 Å². The fourth-order valence-electron chi connectivity index (χ4n) is 2.31. The van der Waals surface area contributed by atoms with Crippen LogP contribution in [0.15, 0.2) is 24.3 Å². The Morgan fingerprint density at radius 1 is 1.40 bits per heavy atom. The zero-order chi connectivity index (χ0) is 14.7. The number of nitrogens with one attached hydrogen (secondary N) is 2. The van der Waals surface area contributed by atoms with Gasteiger partial charge in [0.05, 0.1) is 7.05 Å². The molecule has 108 valence electrons. The highest BCUT2D eigenvalue weighted by Crippen LogP contribution is 2.03. The zero-order valence-corrected chi connectivity index (χ0v) is 12.3. The topological polar surface area (TPSA) is 53.9 Å². The molecular formula is C15H22N3O2+. The molecule has 0 saturated carbocycles. The third kappa shape index (κ3) is 3.17. The largest absolute Gasteiger partial charge is 0.336 e. The summed E-state index contributed by atoms with van der Waals surface area (Å²) >= 11 is 0. The SMILES string of the molecule is Cc1ccc(C[NH+](C)[C@H](C)C(=O)N2CCNC2=O)cc1. The first-order chi connectivity index (χ1) is 9.49. The Morgan fingerprint density at radius 2 is 2.05 bits per heavy atom. The molecular weight excluding hydrogens is 254 g/mol. The van der Waals surface area contributed by atoms with E-state index in [4.69, 9.17) is 0 Å². The number of carbonyl (C=O) groups excluding carboxylic acids is 2. The molecule has 2 rings (SSSR count). The van der Waals surface area contributed by atoms with Gasteiger partial charge >= 0.3 is 6.03 Å². The average molecular weight is 276 g/mol. The lowest BCUT2D eigenvalue weighted by Gasteiger charge is -2.24. The van der Waals surface area contributed by atoms with Crippen LogP contribution in [-0.2, 0) is 11.3 Å². The van der Waals surface area contributed by atoms with Gasteiger partial charge in [0.15, 0.2) is 6.04 Å². The Balaban J connectivity index is 1.97. The maximum atomic E-state index is 12.3. The molecule has 0 aromatic heterocycles. The minimum atomic E-state index is -0.273. The van der Waals surface area contributed by atoms with E-state index in [1.165, 1.54) is 16.0 Å². The Bertz CT molecular complexity index is 498. The van der Waals surface area contributed by atoms with E-state index in [1.807, 2.05) is 14.0 Å². The van der Waals surface area contributed by atoms with Crippen LogP contribution >= 0.6 is 0 Å². The summed E-state index contributed by atoms with van der Waals surface area (Å²) in [6, 6.07) is 7.80. The lowest BCUT2D eigenvalue weighted by molar-refractivity contribution is -0.908. The van der Waals surface area contributed by atoms with Gasteiger partial charge in [-0.3, -0.25) is 9.69 Å². The molecule has 1 aromatic carbocycles. The zero-order valence-electron chi connectivity index (χ0n) is 12.3. The number of urea groups is 1. The van der Waals surface area contributed by atoms with Gasteiger partial charge in [0.2, 0.25) is 0 Å². The highest BCUT2D eigenvalue weighted by Gasteiger charge is 2.33. The predicted molar refractivity (Wildman–Crippen MR) is 76.3 cm³/mol. The summed E-state index contributed by atoms with van der Waals surface area (Å²) in [5, 5.41) is 2.66. The van der Waals surface area contributed by atoms with Crippen LogP contribution in [0.25, 0.3) is 0 Å². The molecule has 1 aliphatic rings. The molecule has 1 aliphatic heterocycles. The van der Waals surface area contributed by atoms with E-state index in [0.717, 1.165) is 11.4 Å². The first-order valence-corrected chi connectivity index (χ1v) is 6.96. The Kier molecular flexibility index (Phi) is 4.39. The molecule has 1 unspecified atom stereocenters. The van der Waals surface area contributed by atoms with Gasteiger partial charge in [-0.25, -0.2) is 4.79 Å². The number of hydrogen-bond donors (Lipinski definition) is 2. The van der Waals surface area contributed by atoms with Gasteiger partial charge in [-0.15, -0.1) is 0 Å². The van der Waals surface area contributed by atoms with Gasteiger partial charge in [-0.1, -0.05) is 29.8 Å². The fourth-order valence-corrected chi connectivity index (χ4v) is 2.31. The van der Waals surface area contributed by atoms with Gasteiger partial charge in [-0.2, -0.15) is 0 Å². The van der Waals surface area contributed by atoms with Crippen LogP contribution in [0.3, 0.4) is 0 Å². The van der Waals surface area contributed by atoms with E-state index in [9.17, 15) is 9.59 Å². The van der Waals surface area contributed by atoms with E-state index in [0.29, 0.717) is 13.1 Å². The molecule has 2 atom stereocenters. The van der Waals surface area contributed by atoms with E-state index < -0.39 is 0 Å². The number of quaternary nitrogens is 1. The van der Waals surface area contributed by atoms with Gasteiger partial charge in [0.25, 0.3) is 5.91 Å². The van der Waals surface area contributed by atoms with Crippen molar-refractivity contribution >= 4 is 11.9 Å². The Hall–Kier alpha value is -1.88. The van der Waals surface area contributed by atoms with Crippen molar-refractivity contribution in [3.8, 4) is 0 Å².